The fourth-order valence-corrected chi connectivity index (χ4v) is 2.51. The van der Waals surface area contributed by atoms with Crippen LogP contribution in [0.15, 0.2) is 48.8 Å². The van der Waals surface area contributed by atoms with Gasteiger partial charge in [-0.2, -0.15) is 0 Å². The summed E-state index contributed by atoms with van der Waals surface area (Å²) in [5.41, 5.74) is 3.71. The fraction of sp³-hybridized carbons (Fsp3) is 0.368. The first-order chi connectivity index (χ1) is 11.2. The Bertz CT molecular complexity index is 613. The molecule has 4 heteroatoms. The number of aromatic nitrogens is 1. The van der Waals surface area contributed by atoms with Gasteiger partial charge in [-0.15, -0.1) is 0 Å². The average molecular weight is 311 g/mol. The van der Waals surface area contributed by atoms with Gasteiger partial charge in [-0.05, 0) is 49.9 Å². The molecule has 0 radical (unpaired) electrons. The van der Waals surface area contributed by atoms with Crippen molar-refractivity contribution in [3.05, 3.63) is 65.5 Å². The van der Waals surface area contributed by atoms with Crippen LogP contribution in [0.1, 0.15) is 23.6 Å². The van der Waals surface area contributed by atoms with E-state index in [0.717, 1.165) is 19.4 Å². The number of aryl methyl sites for hydroxylation is 1. The van der Waals surface area contributed by atoms with E-state index in [1.807, 2.05) is 24.0 Å². The van der Waals surface area contributed by atoms with Crippen molar-refractivity contribution in [1.82, 2.24) is 15.2 Å². The highest BCUT2D eigenvalue weighted by molar-refractivity contribution is 5.74. The van der Waals surface area contributed by atoms with Crippen LogP contribution in [0.4, 0.5) is 4.79 Å². The number of carbonyl (C=O) groups excluding carboxylic acids is 1. The molecule has 2 rings (SSSR count). The standard InChI is InChI=1S/C19H25N3O/c1-3-22(14-10-17-7-11-20-12-8-17)19(23)21-13-9-18-6-4-5-16(2)15-18/h4-8,11-12,15H,3,9-10,13-14H2,1-2H3,(H,21,23). The van der Waals surface area contributed by atoms with Gasteiger partial charge in [0.2, 0.25) is 0 Å². The molecular formula is C19H25N3O. The van der Waals surface area contributed by atoms with E-state index in [9.17, 15) is 4.79 Å². The number of urea groups is 1. The van der Waals surface area contributed by atoms with Gasteiger partial charge in [0.25, 0.3) is 0 Å². The van der Waals surface area contributed by atoms with Gasteiger partial charge in [0.15, 0.2) is 0 Å². The molecule has 4 nitrogen and oxygen atoms in total. The van der Waals surface area contributed by atoms with Gasteiger partial charge < -0.3 is 10.2 Å². The lowest BCUT2D eigenvalue weighted by molar-refractivity contribution is 0.201. The van der Waals surface area contributed by atoms with E-state index < -0.39 is 0 Å². The maximum Gasteiger partial charge on any atom is 0.317 e. The van der Waals surface area contributed by atoms with Crippen molar-refractivity contribution in [3.8, 4) is 0 Å². The number of hydrogen-bond donors (Lipinski definition) is 1. The highest BCUT2D eigenvalue weighted by Crippen LogP contribution is 2.04. The second-order valence-electron chi connectivity index (χ2n) is 5.66. The Morgan fingerprint density at radius 3 is 2.61 bits per heavy atom. The minimum absolute atomic E-state index is 0.00853. The fourth-order valence-electron chi connectivity index (χ4n) is 2.51. The Hall–Kier alpha value is -2.36. The number of pyridine rings is 1. The summed E-state index contributed by atoms with van der Waals surface area (Å²) >= 11 is 0. The lowest BCUT2D eigenvalue weighted by Gasteiger charge is -2.21. The van der Waals surface area contributed by atoms with Crippen LogP contribution in [0.25, 0.3) is 0 Å². The lowest BCUT2D eigenvalue weighted by Crippen LogP contribution is -2.41. The quantitative estimate of drug-likeness (QED) is 0.853. The summed E-state index contributed by atoms with van der Waals surface area (Å²) in [6, 6.07) is 12.4. The Morgan fingerprint density at radius 1 is 1.13 bits per heavy atom. The molecular weight excluding hydrogens is 286 g/mol. The molecule has 122 valence electrons. The number of likely N-dealkylation sites (N-methyl/N-ethyl adjacent to an activating group) is 1. The molecule has 1 heterocycles. The van der Waals surface area contributed by atoms with Crippen molar-refractivity contribution in [1.29, 1.82) is 0 Å². The van der Waals surface area contributed by atoms with Crippen molar-refractivity contribution < 1.29 is 4.79 Å². The molecule has 0 aliphatic carbocycles. The number of nitrogens with zero attached hydrogens (tertiary/aromatic N) is 2. The van der Waals surface area contributed by atoms with Crippen LogP contribution in [0.3, 0.4) is 0 Å². The van der Waals surface area contributed by atoms with E-state index in [2.05, 4.69) is 41.5 Å². The van der Waals surface area contributed by atoms with E-state index >= 15 is 0 Å². The molecule has 0 atom stereocenters. The van der Waals surface area contributed by atoms with Gasteiger partial charge in [0.05, 0.1) is 0 Å². The minimum atomic E-state index is 0.00853. The van der Waals surface area contributed by atoms with Gasteiger partial charge in [0, 0.05) is 32.0 Å². The van der Waals surface area contributed by atoms with Crippen LogP contribution in [0.5, 0.6) is 0 Å². The first-order valence-corrected chi connectivity index (χ1v) is 8.16. The molecule has 0 fully saturated rings. The summed E-state index contributed by atoms with van der Waals surface area (Å²) in [5.74, 6) is 0. The minimum Gasteiger partial charge on any atom is -0.338 e. The van der Waals surface area contributed by atoms with Crippen molar-refractivity contribution in [3.63, 3.8) is 0 Å². The molecule has 0 aliphatic rings. The topological polar surface area (TPSA) is 45.2 Å². The highest BCUT2D eigenvalue weighted by atomic mass is 16.2. The zero-order chi connectivity index (χ0) is 16.5. The zero-order valence-electron chi connectivity index (χ0n) is 14.0. The summed E-state index contributed by atoms with van der Waals surface area (Å²) < 4.78 is 0. The summed E-state index contributed by atoms with van der Waals surface area (Å²) in [6.45, 7) is 6.18. The maximum atomic E-state index is 12.3. The van der Waals surface area contributed by atoms with Gasteiger partial charge in [-0.1, -0.05) is 29.8 Å². The van der Waals surface area contributed by atoms with Crippen molar-refractivity contribution >= 4 is 6.03 Å². The molecule has 0 bridgehead atoms. The van der Waals surface area contributed by atoms with Crippen LogP contribution >= 0.6 is 0 Å². The number of benzene rings is 1. The molecule has 23 heavy (non-hydrogen) atoms. The Morgan fingerprint density at radius 2 is 1.91 bits per heavy atom. The summed E-state index contributed by atoms with van der Waals surface area (Å²) in [6.07, 6.45) is 5.28. The zero-order valence-corrected chi connectivity index (χ0v) is 14.0. The lowest BCUT2D eigenvalue weighted by atomic mass is 10.1. The first-order valence-electron chi connectivity index (χ1n) is 8.16. The molecule has 0 saturated heterocycles. The normalized spacial score (nSPS) is 10.3. The number of rotatable bonds is 7. The largest absolute Gasteiger partial charge is 0.338 e. The molecule has 1 aromatic heterocycles. The van der Waals surface area contributed by atoms with Gasteiger partial charge >= 0.3 is 6.03 Å². The van der Waals surface area contributed by atoms with Gasteiger partial charge in [-0.25, -0.2) is 4.79 Å². The third-order valence-corrected chi connectivity index (χ3v) is 3.86. The Kier molecular flexibility index (Phi) is 6.60. The van der Waals surface area contributed by atoms with Crippen molar-refractivity contribution in [2.45, 2.75) is 26.7 Å². The third-order valence-electron chi connectivity index (χ3n) is 3.86. The SMILES string of the molecule is CCN(CCc1ccncc1)C(=O)NCCc1cccc(C)c1. The van der Waals surface area contributed by atoms with E-state index in [1.165, 1.54) is 16.7 Å². The van der Waals surface area contributed by atoms with E-state index in [0.29, 0.717) is 13.1 Å². The van der Waals surface area contributed by atoms with E-state index in [1.54, 1.807) is 12.4 Å². The smallest absolute Gasteiger partial charge is 0.317 e. The number of carbonyl (C=O) groups is 1. The van der Waals surface area contributed by atoms with E-state index in [-0.39, 0.29) is 6.03 Å². The monoisotopic (exact) mass is 311 g/mol. The molecule has 0 spiro atoms. The predicted molar refractivity (Wildman–Crippen MR) is 93.5 cm³/mol. The summed E-state index contributed by atoms with van der Waals surface area (Å²) in [7, 11) is 0. The van der Waals surface area contributed by atoms with Crippen LogP contribution in [-0.4, -0.2) is 35.5 Å². The molecule has 2 aromatic rings. The second-order valence-corrected chi connectivity index (χ2v) is 5.66. The molecule has 0 aliphatic heterocycles. The van der Waals surface area contributed by atoms with Crippen molar-refractivity contribution in [2.24, 2.45) is 0 Å². The first kappa shape index (κ1) is 17.0. The van der Waals surface area contributed by atoms with Crippen LogP contribution in [-0.2, 0) is 12.8 Å². The third kappa shape index (κ3) is 5.74. The van der Waals surface area contributed by atoms with E-state index in [4.69, 9.17) is 0 Å². The van der Waals surface area contributed by atoms with Crippen LogP contribution in [0, 0.1) is 6.92 Å². The summed E-state index contributed by atoms with van der Waals surface area (Å²) in [5, 5.41) is 3.01. The molecule has 1 aromatic carbocycles. The van der Waals surface area contributed by atoms with Gasteiger partial charge in [-0.3, -0.25) is 4.98 Å². The molecule has 0 unspecified atom stereocenters. The van der Waals surface area contributed by atoms with Crippen molar-refractivity contribution in [2.75, 3.05) is 19.6 Å². The average Bonchev–Trinajstić information content (AvgIpc) is 2.56. The number of hydrogen-bond acceptors (Lipinski definition) is 2. The molecule has 2 amide bonds. The predicted octanol–water partition coefficient (Wildman–Crippen LogP) is 3.21. The van der Waals surface area contributed by atoms with Crippen LogP contribution in [0.2, 0.25) is 0 Å². The number of amides is 2. The van der Waals surface area contributed by atoms with Crippen LogP contribution < -0.4 is 5.32 Å². The maximum absolute atomic E-state index is 12.3. The second kappa shape index (κ2) is 8.93. The molecule has 1 N–H and O–H groups in total. The molecule has 0 saturated carbocycles. The number of nitrogens with one attached hydrogen (secondary N) is 1. The Balaban J connectivity index is 1.76. The summed E-state index contributed by atoms with van der Waals surface area (Å²) in [4.78, 5) is 18.1. The van der Waals surface area contributed by atoms with Gasteiger partial charge in [0.1, 0.15) is 0 Å². The Labute approximate surface area is 138 Å². The highest BCUT2D eigenvalue weighted by Gasteiger charge is 2.10.